The molecule has 1 saturated heterocycles. The van der Waals surface area contributed by atoms with Crippen molar-refractivity contribution in [3.63, 3.8) is 0 Å². The average molecular weight is 496 g/mol. The Bertz CT molecular complexity index is 1270. The fourth-order valence-corrected chi connectivity index (χ4v) is 4.05. The Labute approximate surface area is 206 Å². The second kappa shape index (κ2) is 11.0. The zero-order chi connectivity index (χ0) is 25.7. The van der Waals surface area contributed by atoms with Crippen LogP contribution in [0.1, 0.15) is 21.6 Å². The van der Waals surface area contributed by atoms with Crippen molar-refractivity contribution in [3.05, 3.63) is 81.4 Å². The molecule has 0 atom stereocenters. The molecule has 36 heavy (non-hydrogen) atoms. The predicted molar refractivity (Wildman–Crippen MR) is 132 cm³/mol. The van der Waals surface area contributed by atoms with E-state index in [4.69, 9.17) is 4.74 Å². The fraction of sp³-hybridized carbons (Fsp3) is 0.292. The Hall–Kier alpha value is -4.32. The molecule has 188 valence electrons. The van der Waals surface area contributed by atoms with Gasteiger partial charge in [0.25, 0.3) is 5.91 Å². The summed E-state index contributed by atoms with van der Waals surface area (Å²) in [7, 11) is 3.10. The summed E-state index contributed by atoms with van der Waals surface area (Å²) in [6.07, 6.45) is 2.62. The number of benzene rings is 2. The van der Waals surface area contributed by atoms with Crippen LogP contribution in [0.4, 0.5) is 15.8 Å². The zero-order valence-electron chi connectivity index (χ0n) is 19.9. The molecule has 1 aliphatic heterocycles. The van der Waals surface area contributed by atoms with Gasteiger partial charge >= 0.3 is 5.69 Å². The molecule has 0 bridgehead atoms. The lowest BCUT2D eigenvalue weighted by molar-refractivity contribution is -0.385. The van der Waals surface area contributed by atoms with E-state index in [0.717, 1.165) is 54.9 Å². The summed E-state index contributed by atoms with van der Waals surface area (Å²) in [6.45, 7) is 3.96. The molecule has 0 radical (unpaired) electrons. The first-order valence-corrected chi connectivity index (χ1v) is 11.3. The van der Waals surface area contributed by atoms with Crippen molar-refractivity contribution in [2.45, 2.75) is 6.54 Å². The van der Waals surface area contributed by atoms with E-state index in [9.17, 15) is 19.3 Å². The van der Waals surface area contributed by atoms with Gasteiger partial charge in [-0.1, -0.05) is 0 Å². The van der Waals surface area contributed by atoms with Crippen LogP contribution in [0.25, 0.3) is 0 Å². The number of hydrogen-bond donors (Lipinski definition) is 1. The Kier molecular flexibility index (Phi) is 7.54. The predicted octanol–water partition coefficient (Wildman–Crippen LogP) is 2.56. The number of amides is 1. The van der Waals surface area contributed by atoms with E-state index in [1.165, 1.54) is 30.1 Å². The van der Waals surface area contributed by atoms with Gasteiger partial charge < -0.3 is 9.64 Å². The lowest BCUT2D eigenvalue weighted by Gasteiger charge is -2.36. The molecular weight excluding hydrogens is 469 g/mol. The maximum Gasteiger partial charge on any atom is 0.320 e. The van der Waals surface area contributed by atoms with Crippen LogP contribution >= 0.6 is 0 Å². The molecule has 1 amide bonds. The SMILES string of the molecule is COc1ccc(/C=N\NC(=O)c2nn(C)cc2[N+](=O)[O-])cc1CN1CCN(c2ccc(F)cc2)CC1. The number of nitro groups is 1. The molecule has 3 aromatic rings. The number of rotatable bonds is 8. The molecule has 12 heteroatoms. The average Bonchev–Trinajstić information content (AvgIpc) is 3.27. The zero-order valence-corrected chi connectivity index (χ0v) is 19.9. The maximum absolute atomic E-state index is 13.2. The number of aryl methyl sites for hydroxylation is 1. The summed E-state index contributed by atoms with van der Waals surface area (Å²) in [5, 5.41) is 18.9. The number of aromatic nitrogens is 2. The van der Waals surface area contributed by atoms with Gasteiger partial charge in [0.05, 0.1) is 18.2 Å². The molecule has 1 N–H and O–H groups in total. The summed E-state index contributed by atoms with van der Waals surface area (Å²) in [6, 6.07) is 12.1. The quantitative estimate of drug-likeness (QED) is 0.290. The molecule has 4 rings (SSSR count). The van der Waals surface area contributed by atoms with Gasteiger partial charge in [-0.2, -0.15) is 10.2 Å². The Balaban J connectivity index is 1.38. The molecule has 0 aliphatic carbocycles. The normalized spacial score (nSPS) is 14.2. The van der Waals surface area contributed by atoms with Crippen molar-refractivity contribution < 1.29 is 18.8 Å². The highest BCUT2D eigenvalue weighted by Gasteiger charge is 2.24. The number of piperazine rings is 1. The van der Waals surface area contributed by atoms with Crippen LogP contribution in [0.3, 0.4) is 0 Å². The van der Waals surface area contributed by atoms with Crippen LogP contribution in [0.2, 0.25) is 0 Å². The fourth-order valence-electron chi connectivity index (χ4n) is 4.05. The number of nitrogens with one attached hydrogen (secondary N) is 1. The highest BCUT2D eigenvalue weighted by Crippen LogP contribution is 2.23. The van der Waals surface area contributed by atoms with Gasteiger partial charge in [-0.25, -0.2) is 9.82 Å². The molecule has 2 heterocycles. The molecule has 0 spiro atoms. The number of halogens is 1. The van der Waals surface area contributed by atoms with E-state index in [-0.39, 0.29) is 11.5 Å². The number of carbonyl (C=O) groups is 1. The van der Waals surface area contributed by atoms with Crippen molar-refractivity contribution in [1.29, 1.82) is 0 Å². The molecule has 0 unspecified atom stereocenters. The van der Waals surface area contributed by atoms with E-state index >= 15 is 0 Å². The largest absolute Gasteiger partial charge is 0.496 e. The van der Waals surface area contributed by atoms with Crippen LogP contribution in [0, 0.1) is 15.9 Å². The molecule has 0 saturated carbocycles. The number of hydrogen-bond acceptors (Lipinski definition) is 8. The molecule has 2 aromatic carbocycles. The van der Waals surface area contributed by atoms with Crippen LogP contribution in [-0.4, -0.2) is 65.0 Å². The van der Waals surface area contributed by atoms with Crippen LogP contribution < -0.4 is 15.1 Å². The van der Waals surface area contributed by atoms with E-state index in [2.05, 4.69) is 25.4 Å². The summed E-state index contributed by atoms with van der Waals surface area (Å²) in [5.41, 5.74) is 4.28. The summed E-state index contributed by atoms with van der Waals surface area (Å²) in [5.74, 6) is -0.280. The maximum atomic E-state index is 13.2. The van der Waals surface area contributed by atoms with Crippen molar-refractivity contribution in [2.75, 3.05) is 38.2 Å². The van der Waals surface area contributed by atoms with Gasteiger partial charge in [-0.3, -0.25) is 24.5 Å². The first-order chi connectivity index (χ1) is 17.3. The van der Waals surface area contributed by atoms with Gasteiger partial charge in [-0.15, -0.1) is 0 Å². The van der Waals surface area contributed by atoms with Crippen molar-refractivity contribution in [3.8, 4) is 5.75 Å². The van der Waals surface area contributed by atoms with E-state index in [0.29, 0.717) is 6.54 Å². The lowest BCUT2D eigenvalue weighted by atomic mass is 10.1. The summed E-state index contributed by atoms with van der Waals surface area (Å²) >= 11 is 0. The second-order valence-corrected chi connectivity index (χ2v) is 8.30. The van der Waals surface area contributed by atoms with Gasteiger partial charge in [0.1, 0.15) is 17.8 Å². The third-order valence-electron chi connectivity index (χ3n) is 5.86. The standard InChI is InChI=1S/C24H26FN7O4/c1-29-16-21(32(34)35)23(28-29)24(33)27-26-14-17-3-8-22(36-2)18(13-17)15-30-9-11-31(12-10-30)20-6-4-19(25)5-7-20/h3-8,13-14,16H,9-12,15H2,1-2H3,(H,27,33)/b26-14-. The number of methoxy groups -OCH3 is 1. The summed E-state index contributed by atoms with van der Waals surface area (Å²) < 4.78 is 19.9. The van der Waals surface area contributed by atoms with Crippen LogP contribution in [0.5, 0.6) is 5.75 Å². The van der Waals surface area contributed by atoms with Crippen molar-refractivity contribution in [2.24, 2.45) is 12.1 Å². The van der Waals surface area contributed by atoms with E-state index in [1.807, 2.05) is 12.1 Å². The first-order valence-electron chi connectivity index (χ1n) is 11.3. The highest BCUT2D eigenvalue weighted by molar-refractivity contribution is 5.96. The van der Waals surface area contributed by atoms with Gasteiger partial charge in [0.15, 0.2) is 0 Å². The topological polar surface area (TPSA) is 118 Å². The van der Waals surface area contributed by atoms with Gasteiger partial charge in [-0.05, 0) is 48.0 Å². The van der Waals surface area contributed by atoms with Crippen LogP contribution in [0.15, 0.2) is 53.8 Å². The number of nitrogens with zero attached hydrogens (tertiary/aromatic N) is 6. The molecule has 11 nitrogen and oxygen atoms in total. The minimum atomic E-state index is -0.772. The second-order valence-electron chi connectivity index (χ2n) is 8.30. The monoisotopic (exact) mass is 495 g/mol. The molecule has 1 aromatic heterocycles. The lowest BCUT2D eigenvalue weighted by Crippen LogP contribution is -2.46. The van der Waals surface area contributed by atoms with Crippen LogP contribution in [-0.2, 0) is 13.6 Å². The number of hydrazone groups is 1. The van der Waals surface area contributed by atoms with E-state index < -0.39 is 16.5 Å². The van der Waals surface area contributed by atoms with Gasteiger partial charge in [0, 0.05) is 51.0 Å². The van der Waals surface area contributed by atoms with E-state index in [1.54, 1.807) is 25.3 Å². The molecular formula is C24H26FN7O4. The van der Waals surface area contributed by atoms with Crippen molar-refractivity contribution in [1.82, 2.24) is 20.1 Å². The Morgan fingerprint density at radius 3 is 2.61 bits per heavy atom. The molecule has 1 aliphatic rings. The number of ether oxygens (including phenoxy) is 1. The van der Waals surface area contributed by atoms with Crippen molar-refractivity contribution >= 4 is 23.5 Å². The highest BCUT2D eigenvalue weighted by atomic mass is 19.1. The smallest absolute Gasteiger partial charge is 0.320 e. The number of anilines is 1. The Morgan fingerprint density at radius 1 is 1.22 bits per heavy atom. The third-order valence-corrected chi connectivity index (χ3v) is 5.86. The third kappa shape index (κ3) is 5.84. The minimum Gasteiger partial charge on any atom is -0.496 e. The molecule has 1 fully saturated rings. The minimum absolute atomic E-state index is 0.245. The summed E-state index contributed by atoms with van der Waals surface area (Å²) in [4.78, 5) is 27.3. The number of carbonyl (C=O) groups excluding carboxylic acids is 1. The van der Waals surface area contributed by atoms with Gasteiger partial charge in [0.2, 0.25) is 5.69 Å². The Morgan fingerprint density at radius 2 is 1.94 bits per heavy atom. The first kappa shape index (κ1) is 24.8.